The third kappa shape index (κ3) is 5.05. The number of carbonyl (C=O) groups excluding carboxylic acids is 2. The molecule has 7 heteroatoms. The number of aromatic nitrogens is 1. The van der Waals surface area contributed by atoms with Gasteiger partial charge in [0.25, 0.3) is 5.91 Å². The lowest BCUT2D eigenvalue weighted by Gasteiger charge is -2.32. The molecule has 2 amide bonds. The molecule has 1 fully saturated rings. The summed E-state index contributed by atoms with van der Waals surface area (Å²) in [6.45, 7) is 3.50. The Hall–Kier alpha value is -3.35. The topological polar surface area (TPSA) is 84.7 Å². The summed E-state index contributed by atoms with van der Waals surface area (Å²) in [7, 11) is 1.64. The molecule has 0 saturated carbocycles. The van der Waals surface area contributed by atoms with Crippen LogP contribution in [0.2, 0.25) is 0 Å². The number of oxazole rings is 1. The SMILES string of the molecule is COc1ccc(Cc2nc3ccc(C(=O)N4CCCC(CNC(C)=O)C4)cc3o2)cc1. The molecular weight excluding hydrogens is 394 g/mol. The third-order valence-corrected chi connectivity index (χ3v) is 5.64. The molecule has 1 aliphatic rings. The lowest BCUT2D eigenvalue weighted by atomic mass is 9.97. The number of fused-ring (bicyclic) bond motifs is 1. The fraction of sp³-hybridized carbons (Fsp3) is 0.375. The molecule has 0 bridgehead atoms. The normalized spacial score (nSPS) is 16.3. The van der Waals surface area contributed by atoms with Crippen LogP contribution < -0.4 is 10.1 Å². The van der Waals surface area contributed by atoms with E-state index in [0.717, 1.165) is 36.2 Å². The maximum atomic E-state index is 13.0. The lowest BCUT2D eigenvalue weighted by molar-refractivity contribution is -0.119. The predicted molar refractivity (Wildman–Crippen MR) is 117 cm³/mol. The molecular formula is C24H27N3O4. The predicted octanol–water partition coefficient (Wildman–Crippen LogP) is 3.42. The summed E-state index contributed by atoms with van der Waals surface area (Å²) in [5.41, 5.74) is 3.02. The number of hydrogen-bond acceptors (Lipinski definition) is 5. The Bertz CT molecular complexity index is 1070. The number of hydrogen-bond donors (Lipinski definition) is 1. The highest BCUT2D eigenvalue weighted by atomic mass is 16.5. The molecule has 1 aromatic heterocycles. The number of rotatable bonds is 6. The van der Waals surface area contributed by atoms with Crippen molar-refractivity contribution in [1.29, 1.82) is 0 Å². The molecule has 7 nitrogen and oxygen atoms in total. The molecule has 0 spiro atoms. The molecule has 1 atom stereocenters. The van der Waals surface area contributed by atoms with Crippen LogP contribution in [0.5, 0.6) is 5.75 Å². The van der Waals surface area contributed by atoms with Crippen LogP contribution in [0, 0.1) is 5.92 Å². The van der Waals surface area contributed by atoms with Crippen LogP contribution in [0.15, 0.2) is 46.9 Å². The highest BCUT2D eigenvalue weighted by Gasteiger charge is 2.25. The van der Waals surface area contributed by atoms with Crippen molar-refractivity contribution in [3.05, 3.63) is 59.5 Å². The zero-order chi connectivity index (χ0) is 21.8. The summed E-state index contributed by atoms with van der Waals surface area (Å²) in [4.78, 5) is 30.7. The second-order valence-electron chi connectivity index (χ2n) is 8.01. The van der Waals surface area contributed by atoms with Gasteiger partial charge in [-0.3, -0.25) is 9.59 Å². The smallest absolute Gasteiger partial charge is 0.254 e. The summed E-state index contributed by atoms with van der Waals surface area (Å²) in [5, 5.41) is 2.86. The first-order chi connectivity index (χ1) is 15.0. The average molecular weight is 421 g/mol. The number of nitrogens with one attached hydrogen (secondary N) is 1. The van der Waals surface area contributed by atoms with Gasteiger partial charge in [-0.15, -0.1) is 0 Å². The standard InChI is InChI=1S/C24H27N3O4/c1-16(28)25-14-18-4-3-11-27(15-18)24(29)19-7-10-21-22(13-19)31-23(26-21)12-17-5-8-20(30-2)9-6-17/h5-10,13,18H,3-4,11-12,14-15H2,1-2H3,(H,25,28). The molecule has 1 unspecified atom stereocenters. The first-order valence-electron chi connectivity index (χ1n) is 10.6. The minimum atomic E-state index is -0.0373. The highest BCUT2D eigenvalue weighted by molar-refractivity contribution is 5.97. The average Bonchev–Trinajstić information content (AvgIpc) is 3.19. The molecule has 3 aromatic rings. The molecule has 1 aliphatic heterocycles. The molecule has 1 N–H and O–H groups in total. The van der Waals surface area contributed by atoms with Crippen molar-refractivity contribution >= 4 is 22.9 Å². The minimum absolute atomic E-state index is 0.0115. The maximum absolute atomic E-state index is 13.0. The number of likely N-dealkylation sites (tertiary alicyclic amines) is 1. The van der Waals surface area contributed by atoms with Crippen molar-refractivity contribution in [1.82, 2.24) is 15.2 Å². The van der Waals surface area contributed by atoms with Gasteiger partial charge < -0.3 is 19.4 Å². The van der Waals surface area contributed by atoms with E-state index in [4.69, 9.17) is 9.15 Å². The fourth-order valence-electron chi connectivity index (χ4n) is 3.99. The van der Waals surface area contributed by atoms with Crippen molar-refractivity contribution < 1.29 is 18.7 Å². The number of benzene rings is 2. The Kier molecular flexibility index (Phi) is 6.21. The second kappa shape index (κ2) is 9.20. The van der Waals surface area contributed by atoms with E-state index >= 15 is 0 Å². The molecule has 2 aromatic carbocycles. The summed E-state index contributed by atoms with van der Waals surface area (Å²) < 4.78 is 11.1. The molecule has 4 rings (SSSR count). The summed E-state index contributed by atoms with van der Waals surface area (Å²) in [6, 6.07) is 13.2. The first kappa shape index (κ1) is 20.9. The van der Waals surface area contributed by atoms with E-state index in [1.807, 2.05) is 41.3 Å². The first-order valence-corrected chi connectivity index (χ1v) is 10.6. The Labute approximate surface area is 181 Å². The third-order valence-electron chi connectivity index (χ3n) is 5.64. The molecule has 31 heavy (non-hydrogen) atoms. The van der Waals surface area contributed by atoms with Crippen LogP contribution in [0.3, 0.4) is 0 Å². The number of nitrogens with zero attached hydrogens (tertiary/aromatic N) is 2. The van der Waals surface area contributed by atoms with Gasteiger partial charge in [-0.25, -0.2) is 4.98 Å². The van der Waals surface area contributed by atoms with Crippen LogP contribution in [-0.4, -0.2) is 48.4 Å². The molecule has 2 heterocycles. The van der Waals surface area contributed by atoms with E-state index in [1.165, 1.54) is 6.92 Å². The molecule has 162 valence electrons. The number of piperidine rings is 1. The van der Waals surface area contributed by atoms with E-state index in [-0.39, 0.29) is 17.7 Å². The zero-order valence-corrected chi connectivity index (χ0v) is 17.9. The molecule has 0 radical (unpaired) electrons. The maximum Gasteiger partial charge on any atom is 0.254 e. The van der Waals surface area contributed by atoms with E-state index in [9.17, 15) is 9.59 Å². The number of amides is 2. The van der Waals surface area contributed by atoms with Crippen LogP contribution in [0.4, 0.5) is 0 Å². The van der Waals surface area contributed by atoms with Crippen LogP contribution >= 0.6 is 0 Å². The Morgan fingerprint density at radius 1 is 1.23 bits per heavy atom. The van der Waals surface area contributed by atoms with Crippen molar-refractivity contribution in [2.24, 2.45) is 5.92 Å². The van der Waals surface area contributed by atoms with Crippen molar-refractivity contribution in [2.45, 2.75) is 26.2 Å². The van der Waals surface area contributed by atoms with Gasteiger partial charge in [0, 0.05) is 38.5 Å². The van der Waals surface area contributed by atoms with Crippen LogP contribution in [-0.2, 0) is 11.2 Å². The van der Waals surface area contributed by atoms with Crippen LogP contribution in [0.25, 0.3) is 11.1 Å². The second-order valence-corrected chi connectivity index (χ2v) is 8.01. The highest BCUT2D eigenvalue weighted by Crippen LogP contribution is 2.23. The summed E-state index contributed by atoms with van der Waals surface area (Å²) in [5.74, 6) is 1.65. The van der Waals surface area contributed by atoms with Crippen molar-refractivity contribution in [2.75, 3.05) is 26.7 Å². The minimum Gasteiger partial charge on any atom is -0.497 e. The quantitative estimate of drug-likeness (QED) is 0.659. The molecule has 0 aliphatic carbocycles. The van der Waals surface area contributed by atoms with Gasteiger partial charge in [0.05, 0.1) is 7.11 Å². The van der Waals surface area contributed by atoms with Crippen molar-refractivity contribution in [3.63, 3.8) is 0 Å². The van der Waals surface area contributed by atoms with Gasteiger partial charge in [-0.2, -0.15) is 0 Å². The van der Waals surface area contributed by atoms with Crippen LogP contribution in [0.1, 0.15) is 41.6 Å². The van der Waals surface area contributed by atoms with Gasteiger partial charge >= 0.3 is 0 Å². The Morgan fingerprint density at radius 3 is 2.77 bits per heavy atom. The van der Waals surface area contributed by atoms with E-state index < -0.39 is 0 Å². The number of methoxy groups -OCH3 is 1. The van der Waals surface area contributed by atoms with Gasteiger partial charge in [0.15, 0.2) is 11.5 Å². The van der Waals surface area contributed by atoms with Crippen molar-refractivity contribution in [3.8, 4) is 5.75 Å². The van der Waals surface area contributed by atoms with E-state index in [0.29, 0.717) is 36.5 Å². The van der Waals surface area contributed by atoms with Gasteiger partial charge in [0.1, 0.15) is 11.3 Å². The lowest BCUT2D eigenvalue weighted by Crippen LogP contribution is -2.43. The Balaban J connectivity index is 1.45. The molecule has 1 saturated heterocycles. The summed E-state index contributed by atoms with van der Waals surface area (Å²) >= 11 is 0. The Morgan fingerprint density at radius 2 is 2.03 bits per heavy atom. The monoisotopic (exact) mass is 421 g/mol. The largest absolute Gasteiger partial charge is 0.497 e. The van der Waals surface area contributed by atoms with Gasteiger partial charge in [-0.05, 0) is 54.7 Å². The van der Waals surface area contributed by atoms with Gasteiger partial charge in [0.2, 0.25) is 5.91 Å². The summed E-state index contributed by atoms with van der Waals surface area (Å²) in [6.07, 6.45) is 2.52. The number of carbonyl (C=O) groups is 2. The fourth-order valence-corrected chi connectivity index (χ4v) is 3.99. The zero-order valence-electron chi connectivity index (χ0n) is 17.9. The number of ether oxygens (including phenoxy) is 1. The van der Waals surface area contributed by atoms with E-state index in [2.05, 4.69) is 10.3 Å². The van der Waals surface area contributed by atoms with Gasteiger partial charge in [-0.1, -0.05) is 12.1 Å². The van der Waals surface area contributed by atoms with E-state index in [1.54, 1.807) is 13.2 Å².